The van der Waals surface area contributed by atoms with Crippen molar-refractivity contribution in [3.8, 4) is 0 Å². The summed E-state index contributed by atoms with van der Waals surface area (Å²) in [5, 5.41) is 0. The maximum Gasteiger partial charge on any atom is 0.307 e. The molecule has 0 saturated heterocycles. The van der Waals surface area contributed by atoms with Crippen molar-refractivity contribution in [3.05, 3.63) is 18.3 Å². The summed E-state index contributed by atoms with van der Waals surface area (Å²) in [6.07, 6.45) is 2.01. The number of pyridine rings is 1. The molecule has 0 amide bonds. The molecule has 1 aromatic heterocycles. The summed E-state index contributed by atoms with van der Waals surface area (Å²) in [4.78, 5) is 17.2. The molecule has 0 bridgehead atoms. The monoisotopic (exact) mass is 223 g/mol. The van der Waals surface area contributed by atoms with Gasteiger partial charge >= 0.3 is 5.97 Å². The van der Waals surface area contributed by atoms with E-state index in [0.717, 1.165) is 0 Å². The molecule has 0 aliphatic rings. The van der Waals surface area contributed by atoms with Crippen LogP contribution in [0.15, 0.2) is 18.3 Å². The minimum absolute atomic E-state index is 0.205. The highest BCUT2D eigenvalue weighted by Gasteiger charge is 2.08. The average Bonchev–Trinajstić information content (AvgIpc) is 2.27. The van der Waals surface area contributed by atoms with Gasteiger partial charge in [-0.15, -0.1) is 0 Å². The fourth-order valence-corrected chi connectivity index (χ4v) is 1.33. The second kappa shape index (κ2) is 5.95. The summed E-state index contributed by atoms with van der Waals surface area (Å²) in [6.45, 7) is 2.74. The number of nitrogens with two attached hydrogens (primary N) is 1. The SMILES string of the molecule is CCOC(=O)CCN(C)c1ncccc1N. The topological polar surface area (TPSA) is 68.5 Å². The predicted molar refractivity (Wildman–Crippen MR) is 63.2 cm³/mol. The van der Waals surface area contributed by atoms with Crippen LogP contribution in [0.4, 0.5) is 11.5 Å². The van der Waals surface area contributed by atoms with E-state index >= 15 is 0 Å². The van der Waals surface area contributed by atoms with E-state index in [1.807, 2.05) is 11.9 Å². The largest absolute Gasteiger partial charge is 0.466 e. The lowest BCUT2D eigenvalue weighted by atomic mass is 10.3. The fraction of sp³-hybridized carbons (Fsp3) is 0.455. The quantitative estimate of drug-likeness (QED) is 0.756. The second-order valence-corrected chi connectivity index (χ2v) is 3.39. The first-order valence-electron chi connectivity index (χ1n) is 5.22. The predicted octanol–water partition coefficient (Wildman–Crippen LogP) is 1.05. The van der Waals surface area contributed by atoms with Gasteiger partial charge in [0.2, 0.25) is 0 Å². The molecule has 0 spiro atoms. The van der Waals surface area contributed by atoms with Crippen LogP contribution >= 0.6 is 0 Å². The van der Waals surface area contributed by atoms with Crippen LogP contribution < -0.4 is 10.6 Å². The number of nitrogens with zero attached hydrogens (tertiary/aromatic N) is 2. The summed E-state index contributed by atoms with van der Waals surface area (Å²) in [5.74, 6) is 0.482. The number of nitrogen functional groups attached to an aromatic ring is 1. The molecular weight excluding hydrogens is 206 g/mol. The van der Waals surface area contributed by atoms with Gasteiger partial charge in [0.25, 0.3) is 0 Å². The van der Waals surface area contributed by atoms with Crippen LogP contribution in [0.2, 0.25) is 0 Å². The van der Waals surface area contributed by atoms with Crippen LogP contribution in [-0.2, 0) is 9.53 Å². The maximum absolute atomic E-state index is 11.2. The number of hydrogen-bond acceptors (Lipinski definition) is 5. The Hall–Kier alpha value is -1.78. The minimum Gasteiger partial charge on any atom is -0.466 e. The molecule has 0 aliphatic heterocycles. The molecule has 0 radical (unpaired) electrons. The first kappa shape index (κ1) is 12.3. The van der Waals surface area contributed by atoms with E-state index < -0.39 is 0 Å². The van der Waals surface area contributed by atoms with E-state index in [-0.39, 0.29) is 5.97 Å². The third-order valence-electron chi connectivity index (χ3n) is 2.14. The summed E-state index contributed by atoms with van der Waals surface area (Å²) < 4.78 is 4.84. The van der Waals surface area contributed by atoms with Crippen molar-refractivity contribution in [2.45, 2.75) is 13.3 Å². The molecule has 0 aliphatic carbocycles. The Morgan fingerprint density at radius 1 is 1.62 bits per heavy atom. The summed E-state index contributed by atoms with van der Waals surface area (Å²) >= 11 is 0. The molecule has 1 heterocycles. The zero-order chi connectivity index (χ0) is 12.0. The van der Waals surface area contributed by atoms with Crippen molar-refractivity contribution in [2.75, 3.05) is 30.8 Å². The van der Waals surface area contributed by atoms with Gasteiger partial charge in [-0.3, -0.25) is 4.79 Å². The number of ether oxygens (including phenoxy) is 1. The Labute approximate surface area is 95.2 Å². The van der Waals surface area contributed by atoms with Gasteiger partial charge in [0.15, 0.2) is 5.82 Å². The van der Waals surface area contributed by atoms with Crippen molar-refractivity contribution in [1.82, 2.24) is 4.98 Å². The van der Waals surface area contributed by atoms with Crippen LogP contribution in [0.1, 0.15) is 13.3 Å². The second-order valence-electron chi connectivity index (χ2n) is 3.39. The van der Waals surface area contributed by atoms with E-state index in [1.165, 1.54) is 0 Å². The standard InChI is InChI=1S/C11H17N3O2/c1-3-16-10(15)6-8-14(2)11-9(12)5-4-7-13-11/h4-5,7H,3,6,8,12H2,1-2H3. The summed E-state index contributed by atoms with van der Waals surface area (Å²) in [6, 6.07) is 3.56. The van der Waals surface area contributed by atoms with Crippen LogP contribution in [0.5, 0.6) is 0 Å². The van der Waals surface area contributed by atoms with E-state index in [9.17, 15) is 4.79 Å². The van der Waals surface area contributed by atoms with Gasteiger partial charge in [0.05, 0.1) is 18.7 Å². The van der Waals surface area contributed by atoms with E-state index in [0.29, 0.717) is 31.1 Å². The molecule has 0 atom stereocenters. The minimum atomic E-state index is -0.205. The zero-order valence-electron chi connectivity index (χ0n) is 9.64. The molecule has 5 nitrogen and oxygen atoms in total. The van der Waals surface area contributed by atoms with Crippen molar-refractivity contribution in [1.29, 1.82) is 0 Å². The van der Waals surface area contributed by atoms with E-state index in [2.05, 4.69) is 4.98 Å². The average molecular weight is 223 g/mol. The number of aromatic nitrogens is 1. The van der Waals surface area contributed by atoms with Crippen molar-refractivity contribution in [3.63, 3.8) is 0 Å². The number of esters is 1. The van der Waals surface area contributed by atoms with Crippen LogP contribution in [0.3, 0.4) is 0 Å². The van der Waals surface area contributed by atoms with Gasteiger partial charge in [-0.1, -0.05) is 0 Å². The van der Waals surface area contributed by atoms with Gasteiger partial charge in [-0.2, -0.15) is 0 Å². The fourth-order valence-electron chi connectivity index (χ4n) is 1.33. The van der Waals surface area contributed by atoms with Crippen molar-refractivity contribution >= 4 is 17.5 Å². The van der Waals surface area contributed by atoms with Crippen molar-refractivity contribution in [2.24, 2.45) is 0 Å². The van der Waals surface area contributed by atoms with E-state index in [4.69, 9.17) is 10.5 Å². The molecular formula is C11H17N3O2. The molecule has 1 rings (SSSR count). The summed E-state index contributed by atoms with van der Waals surface area (Å²) in [7, 11) is 1.85. The molecule has 1 aromatic rings. The number of carbonyl (C=O) groups excluding carboxylic acids is 1. The molecule has 0 fully saturated rings. The zero-order valence-corrected chi connectivity index (χ0v) is 9.64. The Bertz CT molecular complexity index is 355. The van der Waals surface area contributed by atoms with Gasteiger partial charge in [0, 0.05) is 19.8 Å². The molecule has 0 unspecified atom stereocenters. The lowest BCUT2D eigenvalue weighted by Gasteiger charge is -2.18. The third kappa shape index (κ3) is 3.42. The number of rotatable bonds is 5. The van der Waals surface area contributed by atoms with Crippen LogP contribution in [0.25, 0.3) is 0 Å². The number of anilines is 2. The van der Waals surface area contributed by atoms with E-state index in [1.54, 1.807) is 25.3 Å². The molecule has 16 heavy (non-hydrogen) atoms. The highest BCUT2D eigenvalue weighted by atomic mass is 16.5. The molecule has 88 valence electrons. The molecule has 0 saturated carbocycles. The molecule has 5 heteroatoms. The maximum atomic E-state index is 11.2. The van der Waals surface area contributed by atoms with Gasteiger partial charge in [0.1, 0.15) is 0 Å². The Morgan fingerprint density at radius 3 is 3.00 bits per heavy atom. The summed E-state index contributed by atoms with van der Waals surface area (Å²) in [5.41, 5.74) is 6.37. The lowest BCUT2D eigenvalue weighted by molar-refractivity contribution is -0.142. The van der Waals surface area contributed by atoms with Crippen LogP contribution in [0, 0.1) is 0 Å². The van der Waals surface area contributed by atoms with Gasteiger partial charge in [-0.05, 0) is 19.1 Å². The lowest BCUT2D eigenvalue weighted by Crippen LogP contribution is -2.23. The highest BCUT2D eigenvalue weighted by Crippen LogP contribution is 2.17. The normalized spacial score (nSPS) is 9.88. The smallest absolute Gasteiger partial charge is 0.307 e. The van der Waals surface area contributed by atoms with Crippen LogP contribution in [-0.4, -0.2) is 31.2 Å². The first-order chi connectivity index (χ1) is 7.65. The van der Waals surface area contributed by atoms with Crippen molar-refractivity contribution < 1.29 is 9.53 Å². The van der Waals surface area contributed by atoms with Gasteiger partial charge < -0.3 is 15.4 Å². The van der Waals surface area contributed by atoms with Gasteiger partial charge in [-0.25, -0.2) is 4.98 Å². The number of carbonyl (C=O) groups is 1. The molecule has 0 aromatic carbocycles. The molecule has 2 N–H and O–H groups in total. The first-order valence-corrected chi connectivity index (χ1v) is 5.22. The highest BCUT2D eigenvalue weighted by molar-refractivity contribution is 5.70. The number of hydrogen-bond donors (Lipinski definition) is 1. The Kier molecular flexibility index (Phi) is 4.57. The Balaban J connectivity index is 2.50. The Morgan fingerprint density at radius 2 is 2.38 bits per heavy atom. The third-order valence-corrected chi connectivity index (χ3v) is 2.14.